The second kappa shape index (κ2) is 5.00. The molecule has 0 radical (unpaired) electrons. The number of benzene rings is 1. The minimum absolute atomic E-state index is 0.205. The molecule has 4 heteroatoms. The van der Waals surface area contributed by atoms with E-state index in [1.807, 2.05) is 32.9 Å². The monoisotopic (exact) mass is 290 g/mol. The number of nitrogens with zero attached hydrogens (tertiary/aromatic N) is 2. The van der Waals surface area contributed by atoms with Gasteiger partial charge in [-0.15, -0.1) is 0 Å². The van der Waals surface area contributed by atoms with Crippen LogP contribution in [0.5, 0.6) is 0 Å². The van der Waals surface area contributed by atoms with Gasteiger partial charge >= 0.3 is 0 Å². The van der Waals surface area contributed by atoms with Crippen molar-refractivity contribution >= 4 is 11.6 Å². The second-order valence-electron chi connectivity index (χ2n) is 7.23. The maximum atomic E-state index is 13.0. The molecule has 2 bridgehead atoms. The topological polar surface area (TPSA) is 23.6 Å². The fraction of sp³-hybridized carbons (Fsp3) is 0.588. The van der Waals surface area contributed by atoms with E-state index in [-0.39, 0.29) is 17.1 Å². The van der Waals surface area contributed by atoms with Crippen LogP contribution in [0.3, 0.4) is 0 Å². The lowest BCUT2D eigenvalue weighted by Gasteiger charge is -2.44. The van der Waals surface area contributed by atoms with Crippen LogP contribution in [0.4, 0.5) is 10.1 Å². The van der Waals surface area contributed by atoms with Gasteiger partial charge in [-0.2, -0.15) is 0 Å². The Morgan fingerprint density at radius 2 is 1.62 bits per heavy atom. The second-order valence-corrected chi connectivity index (χ2v) is 7.23. The first-order valence-electron chi connectivity index (χ1n) is 7.69. The molecule has 1 aromatic carbocycles. The predicted molar refractivity (Wildman–Crippen MR) is 81.7 cm³/mol. The summed E-state index contributed by atoms with van der Waals surface area (Å²) in [5.74, 6) is 0.0528. The molecule has 1 amide bonds. The number of piperazine rings is 1. The Labute approximate surface area is 125 Å². The van der Waals surface area contributed by atoms with Gasteiger partial charge in [0, 0.05) is 36.3 Å². The van der Waals surface area contributed by atoms with E-state index >= 15 is 0 Å². The lowest BCUT2D eigenvalue weighted by molar-refractivity contribution is -0.143. The average Bonchev–Trinajstić information content (AvgIpc) is 2.67. The molecule has 0 spiro atoms. The Morgan fingerprint density at radius 1 is 1.10 bits per heavy atom. The van der Waals surface area contributed by atoms with E-state index < -0.39 is 0 Å². The Kier molecular flexibility index (Phi) is 3.42. The molecule has 0 aliphatic carbocycles. The van der Waals surface area contributed by atoms with Gasteiger partial charge in [-0.3, -0.25) is 4.79 Å². The number of halogens is 1. The van der Waals surface area contributed by atoms with Gasteiger partial charge in [0.05, 0.1) is 0 Å². The van der Waals surface area contributed by atoms with Gasteiger partial charge in [0.25, 0.3) is 0 Å². The van der Waals surface area contributed by atoms with Crippen LogP contribution in [-0.2, 0) is 4.79 Å². The van der Waals surface area contributed by atoms with Gasteiger partial charge in [0.2, 0.25) is 5.91 Å². The smallest absolute Gasteiger partial charge is 0.228 e. The van der Waals surface area contributed by atoms with E-state index in [1.165, 1.54) is 12.1 Å². The molecule has 2 fully saturated rings. The van der Waals surface area contributed by atoms with Crippen LogP contribution < -0.4 is 4.90 Å². The highest BCUT2D eigenvalue weighted by Gasteiger charge is 2.45. The minimum Gasteiger partial charge on any atom is -0.367 e. The number of anilines is 1. The van der Waals surface area contributed by atoms with E-state index in [0.29, 0.717) is 12.1 Å². The molecule has 1 aromatic rings. The molecule has 2 unspecified atom stereocenters. The highest BCUT2D eigenvalue weighted by molar-refractivity contribution is 5.83. The Bertz CT molecular complexity index is 521. The van der Waals surface area contributed by atoms with E-state index in [4.69, 9.17) is 0 Å². The molecule has 3 nitrogen and oxygen atoms in total. The molecule has 2 aliphatic rings. The van der Waals surface area contributed by atoms with Crippen molar-refractivity contribution in [1.29, 1.82) is 0 Å². The van der Waals surface area contributed by atoms with Crippen LogP contribution in [0.1, 0.15) is 33.6 Å². The standard InChI is InChI=1S/C17H23FN2O/c1-17(2,3)16(21)20-14-8-9-15(20)11-19(10-14)13-6-4-12(18)5-7-13/h4-7,14-15H,8-11H2,1-3H3. The molecular weight excluding hydrogens is 267 g/mol. The van der Waals surface area contributed by atoms with Crippen molar-refractivity contribution in [2.45, 2.75) is 45.7 Å². The van der Waals surface area contributed by atoms with Crippen molar-refractivity contribution < 1.29 is 9.18 Å². The predicted octanol–water partition coefficient (Wildman–Crippen LogP) is 3.05. The molecule has 3 rings (SSSR count). The van der Waals surface area contributed by atoms with Gasteiger partial charge in [0.1, 0.15) is 5.82 Å². The van der Waals surface area contributed by atoms with Crippen molar-refractivity contribution in [3.05, 3.63) is 30.1 Å². The average molecular weight is 290 g/mol. The van der Waals surface area contributed by atoms with Gasteiger partial charge < -0.3 is 9.80 Å². The van der Waals surface area contributed by atoms with E-state index in [0.717, 1.165) is 31.6 Å². The normalized spacial score (nSPS) is 25.3. The van der Waals surface area contributed by atoms with Crippen LogP contribution >= 0.6 is 0 Å². The van der Waals surface area contributed by atoms with E-state index in [9.17, 15) is 9.18 Å². The Balaban J connectivity index is 1.78. The summed E-state index contributed by atoms with van der Waals surface area (Å²) in [5, 5.41) is 0. The summed E-state index contributed by atoms with van der Waals surface area (Å²) >= 11 is 0. The first-order valence-corrected chi connectivity index (χ1v) is 7.69. The number of hydrogen-bond acceptors (Lipinski definition) is 2. The van der Waals surface area contributed by atoms with Crippen LogP contribution in [0.25, 0.3) is 0 Å². The number of amides is 1. The van der Waals surface area contributed by atoms with Crippen molar-refractivity contribution in [2.75, 3.05) is 18.0 Å². The van der Waals surface area contributed by atoms with E-state index in [2.05, 4.69) is 9.80 Å². The number of carbonyl (C=O) groups is 1. The summed E-state index contributed by atoms with van der Waals surface area (Å²) < 4.78 is 13.0. The van der Waals surface area contributed by atoms with Gasteiger partial charge in [-0.1, -0.05) is 20.8 Å². The number of carbonyl (C=O) groups excluding carboxylic acids is 1. The molecule has 21 heavy (non-hydrogen) atoms. The molecule has 2 heterocycles. The Hall–Kier alpha value is -1.58. The van der Waals surface area contributed by atoms with Crippen molar-refractivity contribution in [1.82, 2.24) is 4.90 Å². The first kappa shape index (κ1) is 14.4. The maximum Gasteiger partial charge on any atom is 0.228 e. The summed E-state index contributed by atoms with van der Waals surface area (Å²) in [4.78, 5) is 17.0. The SMILES string of the molecule is CC(C)(C)C(=O)N1C2CCC1CN(c1ccc(F)cc1)C2. The quantitative estimate of drug-likeness (QED) is 0.793. The highest BCUT2D eigenvalue weighted by atomic mass is 19.1. The molecule has 0 saturated carbocycles. The molecule has 2 atom stereocenters. The zero-order valence-corrected chi connectivity index (χ0v) is 13.0. The Morgan fingerprint density at radius 3 is 2.10 bits per heavy atom. The molecule has 114 valence electrons. The number of rotatable bonds is 1. The van der Waals surface area contributed by atoms with Crippen LogP contribution in [0.2, 0.25) is 0 Å². The molecule has 2 saturated heterocycles. The fourth-order valence-electron chi connectivity index (χ4n) is 3.48. The minimum atomic E-state index is -0.321. The number of fused-ring (bicyclic) bond motifs is 2. The third kappa shape index (κ3) is 2.63. The van der Waals surface area contributed by atoms with E-state index in [1.54, 1.807) is 0 Å². The van der Waals surface area contributed by atoms with Crippen molar-refractivity contribution in [2.24, 2.45) is 5.41 Å². The summed E-state index contributed by atoms with van der Waals surface area (Å²) in [7, 11) is 0. The van der Waals surface area contributed by atoms with Crippen LogP contribution in [-0.4, -0.2) is 36.0 Å². The zero-order chi connectivity index (χ0) is 15.2. The third-order valence-corrected chi connectivity index (χ3v) is 4.55. The van der Waals surface area contributed by atoms with Gasteiger partial charge in [0.15, 0.2) is 0 Å². The van der Waals surface area contributed by atoms with Gasteiger partial charge in [-0.25, -0.2) is 4.39 Å². The highest BCUT2D eigenvalue weighted by Crippen LogP contribution is 2.35. The van der Waals surface area contributed by atoms with Crippen LogP contribution in [0.15, 0.2) is 24.3 Å². The van der Waals surface area contributed by atoms with Gasteiger partial charge in [-0.05, 0) is 37.1 Å². The van der Waals surface area contributed by atoms with Crippen molar-refractivity contribution in [3.8, 4) is 0 Å². The lowest BCUT2D eigenvalue weighted by Crippen LogP contribution is -2.58. The van der Waals surface area contributed by atoms with Crippen molar-refractivity contribution in [3.63, 3.8) is 0 Å². The first-order chi connectivity index (χ1) is 9.86. The maximum absolute atomic E-state index is 13.0. The molecule has 2 aliphatic heterocycles. The molecular formula is C17H23FN2O. The summed E-state index contributed by atoms with van der Waals surface area (Å²) in [6.07, 6.45) is 2.15. The summed E-state index contributed by atoms with van der Waals surface area (Å²) in [5.41, 5.74) is 0.731. The van der Waals surface area contributed by atoms with Crippen LogP contribution in [0, 0.1) is 11.2 Å². The fourth-order valence-corrected chi connectivity index (χ4v) is 3.48. The lowest BCUT2D eigenvalue weighted by atomic mass is 9.93. The largest absolute Gasteiger partial charge is 0.367 e. The summed E-state index contributed by atoms with van der Waals surface area (Å²) in [6.45, 7) is 7.66. The molecule has 0 N–H and O–H groups in total. The number of hydrogen-bond donors (Lipinski definition) is 0. The zero-order valence-electron chi connectivity index (χ0n) is 13.0. The third-order valence-electron chi connectivity index (χ3n) is 4.55. The molecule has 0 aromatic heterocycles. The summed E-state index contributed by atoms with van der Waals surface area (Å²) in [6, 6.07) is 7.25.